The second-order valence-electron chi connectivity index (χ2n) is 16.8. The summed E-state index contributed by atoms with van der Waals surface area (Å²) in [5.41, 5.74) is 3.08. The minimum atomic E-state index is -5.01. The summed E-state index contributed by atoms with van der Waals surface area (Å²) in [7, 11) is -7.80. The predicted octanol–water partition coefficient (Wildman–Crippen LogP) is 6.25. The molecule has 0 saturated carbocycles. The van der Waals surface area contributed by atoms with Crippen LogP contribution in [-0.4, -0.2) is 80.8 Å². The Hall–Kier alpha value is -6.03. The Morgan fingerprint density at radius 2 is 1.29 bits per heavy atom. The molecule has 1 fully saturated rings. The molecule has 2 aliphatic rings. The number of fused-ring (bicyclic) bond motifs is 2. The van der Waals surface area contributed by atoms with Crippen molar-refractivity contribution in [3.05, 3.63) is 188 Å². The van der Waals surface area contributed by atoms with Gasteiger partial charge in [0.2, 0.25) is 0 Å². The fraction of sp³-hybridized carbons (Fsp3) is 0.204. The third-order valence-electron chi connectivity index (χ3n) is 11.8. The molecule has 1 N–H and O–H groups in total. The molecule has 2 bridgehead atoms. The van der Waals surface area contributed by atoms with Crippen molar-refractivity contribution in [2.24, 2.45) is 0 Å². The van der Waals surface area contributed by atoms with Crippen LogP contribution in [0.15, 0.2) is 182 Å². The van der Waals surface area contributed by atoms with Crippen molar-refractivity contribution in [2.45, 2.75) is 38.8 Å². The molecular weight excluding hydrogens is 878 g/mol. The number of aromatic nitrogens is 2. The van der Waals surface area contributed by atoms with Gasteiger partial charge in [-0.2, -0.15) is 0 Å². The number of nitrogens with one attached hydrogen (secondary N) is 1. The van der Waals surface area contributed by atoms with Crippen LogP contribution >= 0.6 is 6.83 Å². The molecule has 1 saturated heterocycles. The molecule has 6 aromatic rings. The number of hydroxylamine groups is 3. The van der Waals surface area contributed by atoms with Gasteiger partial charge in [0, 0.05) is 0 Å². The number of allylic oxidation sites excluding steroid dienone is 1. The van der Waals surface area contributed by atoms with E-state index in [1.807, 2.05) is 140 Å². The molecule has 65 heavy (non-hydrogen) atoms. The monoisotopic (exact) mass is 929 g/mol. The predicted molar refractivity (Wildman–Crippen MR) is 257 cm³/mol. The number of amides is 3. The van der Waals surface area contributed by atoms with Gasteiger partial charge in [-0.1, -0.05) is 81.4 Å². The van der Waals surface area contributed by atoms with Gasteiger partial charge in [-0.25, -0.2) is 0 Å². The van der Waals surface area contributed by atoms with Gasteiger partial charge >= 0.3 is 255 Å². The van der Waals surface area contributed by atoms with E-state index in [2.05, 4.69) is 55.6 Å². The molecule has 1 aromatic heterocycles. The molecule has 336 valence electrons. The van der Waals surface area contributed by atoms with Crippen molar-refractivity contribution < 1.29 is 35.5 Å². The van der Waals surface area contributed by atoms with E-state index in [4.69, 9.17) is 17.5 Å². The molecule has 1 atom stereocenters. The van der Waals surface area contributed by atoms with Crippen LogP contribution in [0.3, 0.4) is 0 Å². The standard InChI is InChI=1S/C49H52N5O8PSSi/c1-5-35-63(41-21-11-6-12-22-41,42-23-13-7-14-24-42,43-25-15-8-16-26-43)62-64(57,58)61-54-40-36-39(37-52(38-40)48(54)56)53-32-31-46(50-53)47(55)51-59-33-34-60-65(49(2,3)4,44-27-17-9-18-28-44)45-29-19-10-20-30-45/h5-32,35-36,40H,33-34,37-38H2,1-4H3,(H,51,55)/b35-5+. The Labute approximate surface area is 381 Å². The summed E-state index contributed by atoms with van der Waals surface area (Å²) in [6.45, 7) is 4.39. The normalized spacial score (nSPS) is 16.3. The van der Waals surface area contributed by atoms with E-state index >= 15 is 0 Å². The number of carbonyl (C=O) groups excluding carboxylic acids is 2. The summed E-state index contributed by atoms with van der Waals surface area (Å²) in [4.78, 5) is 34.2. The quantitative estimate of drug-likeness (QED) is 0.0487. The van der Waals surface area contributed by atoms with Gasteiger partial charge < -0.3 is 4.43 Å². The first-order chi connectivity index (χ1) is 31.3. The number of rotatable bonds is 17. The number of hydrogen-bond donors (Lipinski definition) is 1. The molecule has 0 radical (unpaired) electrons. The first-order valence-corrected chi connectivity index (χ1v) is 26.8. The summed E-state index contributed by atoms with van der Waals surface area (Å²) in [6, 6.07) is 48.2. The first-order valence-electron chi connectivity index (χ1n) is 21.3. The number of urea groups is 1. The van der Waals surface area contributed by atoms with E-state index in [0.29, 0.717) is 21.6 Å². The summed E-state index contributed by atoms with van der Waals surface area (Å²) >= 11 is 0. The van der Waals surface area contributed by atoms with Crippen molar-refractivity contribution in [1.82, 2.24) is 25.2 Å². The SMILES string of the molecule is C/C=C/P(OS(=O)(=O)ON1C(=O)N2CC(n3ccc(C(=O)NOCCO[Si](c4ccccc4)(c4ccccc4)C(C)(C)C)n3)=CC1C2)(c1ccccc1)(c1ccccc1)c1ccccc1. The van der Waals surface area contributed by atoms with Crippen molar-refractivity contribution in [3.63, 3.8) is 0 Å². The molecular formula is C49H52N5O8PSSi. The first kappa shape index (κ1) is 45.5. The van der Waals surface area contributed by atoms with Crippen molar-refractivity contribution >= 4 is 69.5 Å². The van der Waals surface area contributed by atoms with Crippen LogP contribution in [0.25, 0.3) is 5.70 Å². The molecule has 16 heteroatoms. The maximum atomic E-state index is 14.6. The van der Waals surface area contributed by atoms with Gasteiger partial charge in [0.1, 0.15) is 0 Å². The summed E-state index contributed by atoms with van der Waals surface area (Å²) in [5, 5.41) is 9.20. The van der Waals surface area contributed by atoms with E-state index in [9.17, 15) is 18.0 Å². The molecule has 3 heterocycles. The van der Waals surface area contributed by atoms with Crippen molar-refractivity contribution in [3.8, 4) is 0 Å². The second kappa shape index (κ2) is 18.5. The molecule has 8 rings (SSSR count). The fourth-order valence-electron chi connectivity index (χ4n) is 9.01. The van der Waals surface area contributed by atoms with Crippen LogP contribution in [0.2, 0.25) is 5.04 Å². The van der Waals surface area contributed by atoms with E-state index < -0.39 is 43.5 Å². The second-order valence-corrected chi connectivity index (χ2v) is 26.7. The molecule has 5 aromatic carbocycles. The van der Waals surface area contributed by atoms with Crippen molar-refractivity contribution in [1.29, 1.82) is 0 Å². The van der Waals surface area contributed by atoms with Gasteiger partial charge in [0.15, 0.2) is 0 Å². The van der Waals surface area contributed by atoms with Crippen LogP contribution in [0, 0.1) is 0 Å². The number of hydrogen-bond acceptors (Lipinski definition) is 9. The summed E-state index contributed by atoms with van der Waals surface area (Å²) in [6.07, 6.45) is 5.07. The average Bonchev–Trinajstić information content (AvgIpc) is 3.90. The molecule has 2 aliphatic heterocycles. The van der Waals surface area contributed by atoms with Gasteiger partial charge in [-0.3, -0.25) is 4.84 Å². The van der Waals surface area contributed by atoms with Crippen LogP contribution < -0.4 is 31.8 Å². The number of nitrogens with zero attached hydrogens (tertiary/aromatic N) is 4. The van der Waals surface area contributed by atoms with Crippen LogP contribution in [-0.2, 0) is 27.9 Å². The Morgan fingerprint density at radius 3 is 1.78 bits per heavy atom. The van der Waals surface area contributed by atoms with Crippen LogP contribution in [0.1, 0.15) is 38.2 Å². The summed E-state index contributed by atoms with van der Waals surface area (Å²) < 4.78 is 49.8. The minimum absolute atomic E-state index is 0.0696. The Balaban J connectivity index is 0.977. The molecule has 1 unspecified atom stereocenters. The topological polar surface area (TPSA) is 142 Å². The van der Waals surface area contributed by atoms with Gasteiger partial charge in [-0.15, -0.1) is 0 Å². The van der Waals surface area contributed by atoms with E-state index in [1.54, 1.807) is 18.3 Å². The zero-order valence-electron chi connectivity index (χ0n) is 36.6. The van der Waals surface area contributed by atoms with Gasteiger partial charge in [0.25, 0.3) is 8.32 Å². The zero-order valence-corrected chi connectivity index (χ0v) is 39.3. The zero-order chi connectivity index (χ0) is 45.7. The van der Waals surface area contributed by atoms with E-state index in [-0.39, 0.29) is 37.0 Å². The Morgan fingerprint density at radius 1 is 0.785 bits per heavy atom. The van der Waals surface area contributed by atoms with Gasteiger partial charge in [0.05, 0.1) is 13.2 Å². The third-order valence-corrected chi connectivity index (χ3v) is 24.0. The Kier molecular flexibility index (Phi) is 12.9. The molecule has 3 amide bonds. The Bertz CT molecular complexity index is 2650. The van der Waals surface area contributed by atoms with E-state index in [1.165, 1.54) is 15.6 Å². The molecule has 0 aliphatic carbocycles. The number of benzene rings is 5. The van der Waals surface area contributed by atoms with Gasteiger partial charge in [-0.05, 0) is 15.4 Å². The maximum absolute atomic E-state index is 14.6. The van der Waals surface area contributed by atoms with E-state index in [0.717, 1.165) is 15.4 Å². The third kappa shape index (κ3) is 8.52. The fourth-order valence-corrected chi connectivity index (χ4v) is 21.1. The number of carbonyl (C=O) groups is 2. The van der Waals surface area contributed by atoms with Crippen LogP contribution in [0.4, 0.5) is 4.79 Å². The van der Waals surface area contributed by atoms with Crippen molar-refractivity contribution in [2.75, 3.05) is 26.3 Å². The average molecular weight is 930 g/mol. The molecule has 13 nitrogen and oxygen atoms in total. The van der Waals surface area contributed by atoms with Crippen LogP contribution in [0.5, 0.6) is 0 Å². The summed E-state index contributed by atoms with van der Waals surface area (Å²) in [5.74, 6) is 1.25. The molecule has 0 spiro atoms.